The largest absolute Gasteiger partial charge is 0.299 e. The molecule has 1 heteroatoms. The lowest BCUT2D eigenvalue weighted by Gasteiger charge is -2.01. The van der Waals surface area contributed by atoms with Crippen molar-refractivity contribution in [2.75, 3.05) is 0 Å². The van der Waals surface area contributed by atoms with Gasteiger partial charge < -0.3 is 0 Å². The molecule has 0 fully saturated rings. The van der Waals surface area contributed by atoms with Gasteiger partial charge in [-0.25, -0.2) is 0 Å². The molecule has 0 rings (SSSR count). The molecule has 0 unspecified atom stereocenters. The lowest BCUT2D eigenvalue weighted by atomic mass is 10.1. The highest BCUT2D eigenvalue weighted by Gasteiger charge is 1.92. The van der Waals surface area contributed by atoms with Gasteiger partial charge in [-0.2, -0.15) is 0 Å². The van der Waals surface area contributed by atoms with Gasteiger partial charge >= 0.3 is 0 Å². The van der Waals surface area contributed by atoms with Crippen LogP contribution in [-0.2, 0) is 4.79 Å². The molecule has 0 spiro atoms. The molecule has 0 atom stereocenters. The monoisotopic (exact) mass is 243 g/mol. The maximum atomic E-state index is 10.1. The second-order valence-corrected chi connectivity index (χ2v) is 4.46. The van der Waals surface area contributed by atoms with Crippen LogP contribution < -0.4 is 0 Å². The van der Waals surface area contributed by atoms with Crippen molar-refractivity contribution < 1.29 is 11.6 Å². The highest BCUT2D eigenvalue weighted by Crippen LogP contribution is 2.11. The molecule has 0 saturated heterocycles. The maximum absolute atomic E-state index is 10.1. The first-order valence-corrected chi connectivity index (χ1v) is 6.91. The number of hydrogen-bond acceptors (Lipinski definition) is 1. The molecule has 0 aromatic rings. The van der Waals surface area contributed by atoms with Crippen LogP contribution in [0.25, 0.3) is 0 Å². The lowest BCUT2D eigenvalue weighted by molar-refractivity contribution is -0.104. The summed E-state index contributed by atoms with van der Waals surface area (Å²) in [7, 11) is 0. The highest BCUT2D eigenvalue weighted by molar-refractivity contribution is 5.64. The van der Waals surface area contributed by atoms with Gasteiger partial charge in [-0.3, -0.25) is 4.79 Å². The Morgan fingerprint density at radius 1 is 0.882 bits per heavy atom. The van der Waals surface area contributed by atoms with E-state index in [1.165, 1.54) is 25.7 Å². The predicted octanol–water partition coefficient (Wildman–Crippen LogP) is 5.44. The minimum atomic E-state index is -2.51. The second kappa shape index (κ2) is 15.4. The van der Waals surface area contributed by atoms with Gasteiger partial charge in [-0.05, 0) is 18.9 Å². The zero-order valence-corrected chi connectivity index (χ0v) is 10.9. The van der Waals surface area contributed by atoms with Crippen LogP contribution in [0, 0.1) is 0 Å². The van der Waals surface area contributed by atoms with E-state index in [1.807, 2.05) is 6.08 Å². The summed E-state index contributed by atoms with van der Waals surface area (Å²) in [5.74, 6) is 0. The van der Waals surface area contributed by atoms with Crippen molar-refractivity contribution in [2.24, 2.45) is 0 Å². The summed E-state index contributed by atoms with van der Waals surface area (Å²) in [6, 6.07) is 0. The van der Waals surface area contributed by atoms with Crippen LogP contribution in [0.1, 0.15) is 90.7 Å². The first-order chi connectivity index (χ1) is 10.3. The number of carbonyl (C=O) groups is 1. The van der Waals surface area contributed by atoms with E-state index in [1.54, 1.807) is 6.08 Å². The standard InChI is InChI=1S/C16H30O/c1-2-3-4-5-6-7-8-9-10-11-12-13-14-15-16-17/h14-16H,2-13H2,1H3/b15-14+/i1D3,2D2. The van der Waals surface area contributed by atoms with E-state index in [0.29, 0.717) is 6.42 Å². The van der Waals surface area contributed by atoms with Crippen LogP contribution in [0.15, 0.2) is 12.2 Å². The van der Waals surface area contributed by atoms with Crippen molar-refractivity contribution in [2.45, 2.75) is 83.9 Å². The fourth-order valence-electron chi connectivity index (χ4n) is 1.86. The van der Waals surface area contributed by atoms with Crippen molar-refractivity contribution in [1.82, 2.24) is 0 Å². The van der Waals surface area contributed by atoms with Gasteiger partial charge in [0, 0.05) is 6.85 Å². The van der Waals surface area contributed by atoms with Crippen LogP contribution in [0.4, 0.5) is 0 Å². The van der Waals surface area contributed by atoms with Gasteiger partial charge in [0.15, 0.2) is 0 Å². The van der Waals surface area contributed by atoms with E-state index in [9.17, 15) is 4.79 Å². The average Bonchev–Trinajstić information content (AvgIpc) is 2.42. The molecule has 0 saturated carbocycles. The van der Waals surface area contributed by atoms with E-state index < -0.39 is 13.2 Å². The Bertz CT molecular complexity index is 310. The topological polar surface area (TPSA) is 17.1 Å². The quantitative estimate of drug-likeness (QED) is 0.239. The summed E-state index contributed by atoms with van der Waals surface area (Å²) in [6.07, 6.45) is 13.0. The molecule has 0 aliphatic heterocycles. The second-order valence-electron chi connectivity index (χ2n) is 4.46. The van der Waals surface area contributed by atoms with Crippen molar-refractivity contribution in [3.63, 3.8) is 0 Å². The van der Waals surface area contributed by atoms with Gasteiger partial charge in [0.2, 0.25) is 0 Å². The van der Waals surface area contributed by atoms with Crippen LogP contribution >= 0.6 is 0 Å². The zero-order valence-electron chi connectivity index (χ0n) is 15.9. The molecule has 100 valence electrons. The van der Waals surface area contributed by atoms with E-state index in [0.717, 1.165) is 38.4 Å². The van der Waals surface area contributed by atoms with Gasteiger partial charge in [0.25, 0.3) is 0 Å². The van der Waals surface area contributed by atoms with Crippen LogP contribution in [0.5, 0.6) is 0 Å². The third kappa shape index (κ3) is 15.4. The molecule has 0 aromatic carbocycles. The fraction of sp³-hybridized carbons (Fsp3) is 0.812. The zero-order chi connectivity index (χ0) is 16.9. The molecule has 0 bridgehead atoms. The minimum absolute atomic E-state index is 0.123. The summed E-state index contributed by atoms with van der Waals surface area (Å²) in [5.41, 5.74) is 0. The molecule has 0 aliphatic carbocycles. The Hall–Kier alpha value is -0.590. The number of hydrogen-bond donors (Lipinski definition) is 0. The summed E-state index contributed by atoms with van der Waals surface area (Å²) in [6.45, 7) is -2.51. The van der Waals surface area contributed by atoms with Crippen molar-refractivity contribution >= 4 is 6.29 Å². The first kappa shape index (κ1) is 9.35. The predicted molar refractivity (Wildman–Crippen MR) is 76.3 cm³/mol. The molecule has 0 aliphatic rings. The maximum Gasteiger partial charge on any atom is 0.142 e. The fourth-order valence-corrected chi connectivity index (χ4v) is 1.86. The Balaban J connectivity index is 3.34. The molecule has 0 amide bonds. The first-order valence-electron chi connectivity index (χ1n) is 9.41. The number of aldehydes is 1. The number of carbonyl (C=O) groups excluding carboxylic acids is 1. The van der Waals surface area contributed by atoms with Gasteiger partial charge in [0.1, 0.15) is 6.29 Å². The third-order valence-electron chi connectivity index (χ3n) is 2.89. The smallest absolute Gasteiger partial charge is 0.142 e. The highest BCUT2D eigenvalue weighted by atomic mass is 16.1. The molecule has 0 radical (unpaired) electrons. The normalized spacial score (nSPS) is 17.1. The molecular weight excluding hydrogens is 208 g/mol. The summed E-state index contributed by atoms with van der Waals surface area (Å²) in [5, 5.41) is 0. The Morgan fingerprint density at radius 2 is 1.41 bits per heavy atom. The Labute approximate surface area is 115 Å². The van der Waals surface area contributed by atoms with Gasteiger partial charge in [-0.15, -0.1) is 0 Å². The molecular formula is C16H30O. The molecule has 0 N–H and O–H groups in total. The third-order valence-corrected chi connectivity index (χ3v) is 2.89. The van der Waals surface area contributed by atoms with Gasteiger partial charge in [0.05, 0.1) is 0 Å². The summed E-state index contributed by atoms with van der Waals surface area (Å²) in [4.78, 5) is 10.1. The number of rotatable bonds is 13. The Kier molecular flexibility index (Phi) is 8.48. The van der Waals surface area contributed by atoms with E-state index in [-0.39, 0.29) is 6.42 Å². The number of allylic oxidation sites excluding steroid dienone is 2. The molecule has 1 nitrogen and oxygen atoms in total. The van der Waals surface area contributed by atoms with Crippen molar-refractivity contribution in [3.8, 4) is 0 Å². The SMILES string of the molecule is [2H]C([2H])([2H])C([2H])([2H])CCCCCCCCCCC/C=C/C=O. The molecule has 0 heterocycles. The average molecular weight is 243 g/mol. The van der Waals surface area contributed by atoms with Gasteiger partial charge in [-0.1, -0.05) is 77.1 Å². The van der Waals surface area contributed by atoms with E-state index in [2.05, 4.69) is 0 Å². The summed E-state index contributed by atoms with van der Waals surface area (Å²) < 4.78 is 36.4. The van der Waals surface area contributed by atoms with Crippen LogP contribution in [0.2, 0.25) is 0 Å². The van der Waals surface area contributed by atoms with Crippen LogP contribution in [0.3, 0.4) is 0 Å². The van der Waals surface area contributed by atoms with E-state index >= 15 is 0 Å². The van der Waals surface area contributed by atoms with E-state index in [4.69, 9.17) is 6.85 Å². The van der Waals surface area contributed by atoms with Crippen molar-refractivity contribution in [1.29, 1.82) is 0 Å². The molecule has 0 aromatic heterocycles. The van der Waals surface area contributed by atoms with Crippen LogP contribution in [-0.4, -0.2) is 6.29 Å². The number of unbranched alkanes of at least 4 members (excludes halogenated alkanes) is 9. The minimum Gasteiger partial charge on any atom is -0.299 e. The van der Waals surface area contributed by atoms with Crippen molar-refractivity contribution in [3.05, 3.63) is 12.2 Å². The lowest BCUT2D eigenvalue weighted by Crippen LogP contribution is -1.82. The molecule has 17 heavy (non-hydrogen) atoms. The summed E-state index contributed by atoms with van der Waals surface area (Å²) >= 11 is 0. The Morgan fingerprint density at radius 3 is 1.94 bits per heavy atom.